The van der Waals surface area contributed by atoms with E-state index in [0.717, 1.165) is 6.42 Å². The summed E-state index contributed by atoms with van der Waals surface area (Å²) in [7, 11) is 0. The van der Waals surface area contributed by atoms with E-state index in [1.807, 2.05) is 20.8 Å². The van der Waals surface area contributed by atoms with E-state index in [0.29, 0.717) is 17.2 Å². The summed E-state index contributed by atoms with van der Waals surface area (Å²) in [5.41, 5.74) is 0.801. The molecule has 0 aromatic heterocycles. The number of nitrogens with one attached hydrogen (secondary N) is 2. The number of carbonyl (C=O) groups is 2. The van der Waals surface area contributed by atoms with Gasteiger partial charge in [0.15, 0.2) is 0 Å². The molecular weight excluding hydrogens is 292 g/mol. The molecule has 2 rings (SSSR count). The lowest BCUT2D eigenvalue weighted by atomic mass is 9.89. The van der Waals surface area contributed by atoms with Gasteiger partial charge in [-0.3, -0.25) is 9.59 Å². The molecule has 5 nitrogen and oxygen atoms in total. The van der Waals surface area contributed by atoms with E-state index in [1.165, 1.54) is 0 Å². The average Bonchev–Trinajstić information content (AvgIpc) is 3.20. The first kappa shape index (κ1) is 17.5. The fourth-order valence-corrected chi connectivity index (χ4v) is 2.26. The molecule has 0 aliphatic heterocycles. The zero-order valence-corrected chi connectivity index (χ0v) is 14.2. The molecule has 0 spiro atoms. The molecule has 0 bridgehead atoms. The van der Waals surface area contributed by atoms with Gasteiger partial charge in [0.2, 0.25) is 5.91 Å². The predicted molar refractivity (Wildman–Crippen MR) is 90.1 cm³/mol. The van der Waals surface area contributed by atoms with Gasteiger partial charge in [0.1, 0.15) is 0 Å². The molecule has 1 aromatic rings. The summed E-state index contributed by atoms with van der Waals surface area (Å²) in [6.07, 6.45) is 0.308. The molecule has 0 radical (unpaired) electrons. The van der Waals surface area contributed by atoms with Crippen LogP contribution in [-0.2, 0) is 4.79 Å². The van der Waals surface area contributed by atoms with Crippen molar-refractivity contribution in [1.29, 1.82) is 0 Å². The van der Waals surface area contributed by atoms with Crippen LogP contribution in [0.1, 0.15) is 44.5 Å². The van der Waals surface area contributed by atoms with Gasteiger partial charge in [0.25, 0.3) is 5.91 Å². The summed E-state index contributed by atoms with van der Waals surface area (Å²) >= 11 is 0. The van der Waals surface area contributed by atoms with Crippen molar-refractivity contribution in [2.45, 2.75) is 40.2 Å². The molecule has 126 valence electrons. The summed E-state index contributed by atoms with van der Waals surface area (Å²) < 4.78 is 0. The minimum Gasteiger partial charge on any atom is -0.391 e. The molecule has 1 aliphatic rings. The van der Waals surface area contributed by atoms with Crippen LogP contribution in [0, 0.1) is 17.3 Å². The van der Waals surface area contributed by atoms with Crippen LogP contribution in [0.4, 0.5) is 5.69 Å². The van der Waals surface area contributed by atoms with Crippen molar-refractivity contribution in [3.05, 3.63) is 29.8 Å². The van der Waals surface area contributed by atoms with Crippen molar-refractivity contribution in [3.8, 4) is 0 Å². The van der Waals surface area contributed by atoms with Crippen LogP contribution in [0.2, 0.25) is 0 Å². The first-order valence-electron chi connectivity index (χ1n) is 8.05. The van der Waals surface area contributed by atoms with E-state index in [9.17, 15) is 14.7 Å². The molecule has 2 amide bonds. The Morgan fingerprint density at radius 2 is 2.00 bits per heavy atom. The molecule has 0 heterocycles. The van der Waals surface area contributed by atoms with Gasteiger partial charge in [-0.1, -0.05) is 33.8 Å². The predicted octanol–water partition coefficient (Wildman–Crippen LogP) is 2.42. The lowest BCUT2D eigenvalue weighted by molar-refractivity contribution is -0.117. The Hall–Kier alpha value is -1.88. The standard InChI is InChI=1S/C18H26N2O3/c1-11-8-14(11)17(23)20-13-7-5-6-12(9-13)16(22)19-10-15(21)18(2,3)4/h5-7,9,11,14-15,21H,8,10H2,1-4H3,(H,19,22)(H,20,23). The smallest absolute Gasteiger partial charge is 0.251 e. The van der Waals surface area contributed by atoms with Gasteiger partial charge >= 0.3 is 0 Å². The van der Waals surface area contributed by atoms with Crippen LogP contribution in [0.3, 0.4) is 0 Å². The molecule has 1 saturated carbocycles. The summed E-state index contributed by atoms with van der Waals surface area (Å²) in [4.78, 5) is 24.1. The highest BCUT2D eigenvalue weighted by atomic mass is 16.3. The van der Waals surface area contributed by atoms with Crippen LogP contribution in [-0.4, -0.2) is 29.6 Å². The number of anilines is 1. The van der Waals surface area contributed by atoms with Crippen LogP contribution < -0.4 is 10.6 Å². The molecule has 3 atom stereocenters. The number of aliphatic hydroxyl groups is 1. The molecule has 5 heteroatoms. The lowest BCUT2D eigenvalue weighted by Crippen LogP contribution is -2.39. The van der Waals surface area contributed by atoms with Gasteiger partial charge in [-0.05, 0) is 36.0 Å². The Labute approximate surface area is 137 Å². The summed E-state index contributed by atoms with van der Waals surface area (Å²) in [5.74, 6) is 0.289. The van der Waals surface area contributed by atoms with Crippen LogP contribution >= 0.6 is 0 Å². The first-order valence-corrected chi connectivity index (χ1v) is 8.05. The Bertz CT molecular complexity index is 592. The Balaban J connectivity index is 1.93. The van der Waals surface area contributed by atoms with Crippen LogP contribution in [0.15, 0.2) is 24.3 Å². The summed E-state index contributed by atoms with van der Waals surface area (Å²) in [6, 6.07) is 6.85. The maximum absolute atomic E-state index is 12.2. The van der Waals surface area contributed by atoms with Gasteiger partial charge in [-0.15, -0.1) is 0 Å². The number of amides is 2. The molecule has 0 saturated heterocycles. The fourth-order valence-electron chi connectivity index (χ4n) is 2.26. The van der Waals surface area contributed by atoms with Gasteiger partial charge < -0.3 is 15.7 Å². The van der Waals surface area contributed by atoms with Crippen molar-refractivity contribution in [2.75, 3.05) is 11.9 Å². The van der Waals surface area contributed by atoms with Crippen molar-refractivity contribution in [2.24, 2.45) is 17.3 Å². The number of rotatable bonds is 5. The van der Waals surface area contributed by atoms with Crippen molar-refractivity contribution >= 4 is 17.5 Å². The molecule has 23 heavy (non-hydrogen) atoms. The lowest BCUT2D eigenvalue weighted by Gasteiger charge is -2.25. The quantitative estimate of drug-likeness (QED) is 0.780. The molecule has 1 fully saturated rings. The van der Waals surface area contributed by atoms with Gasteiger partial charge in [-0.2, -0.15) is 0 Å². The monoisotopic (exact) mass is 318 g/mol. The van der Waals surface area contributed by atoms with E-state index >= 15 is 0 Å². The van der Waals surface area contributed by atoms with Gasteiger partial charge in [0, 0.05) is 23.7 Å². The largest absolute Gasteiger partial charge is 0.391 e. The van der Waals surface area contributed by atoms with E-state index in [1.54, 1.807) is 24.3 Å². The SMILES string of the molecule is CC1CC1C(=O)Nc1cccc(C(=O)NCC(O)C(C)(C)C)c1. The van der Waals surface area contributed by atoms with E-state index in [4.69, 9.17) is 0 Å². The second-order valence-electron chi connectivity index (χ2n) is 7.48. The first-order chi connectivity index (χ1) is 10.7. The number of aliphatic hydroxyl groups excluding tert-OH is 1. The minimum atomic E-state index is -0.620. The Morgan fingerprint density at radius 3 is 2.57 bits per heavy atom. The Kier molecular flexibility index (Phi) is 5.09. The highest BCUT2D eigenvalue weighted by Gasteiger charge is 2.39. The fraction of sp³-hybridized carbons (Fsp3) is 0.556. The number of benzene rings is 1. The third kappa shape index (κ3) is 4.79. The van der Waals surface area contributed by atoms with Gasteiger partial charge in [0.05, 0.1) is 6.10 Å². The molecule has 1 aliphatic carbocycles. The molecule has 3 unspecified atom stereocenters. The maximum atomic E-state index is 12.2. The third-order valence-corrected chi connectivity index (χ3v) is 4.29. The van der Waals surface area contributed by atoms with Crippen LogP contribution in [0.25, 0.3) is 0 Å². The molecule has 1 aromatic carbocycles. The average molecular weight is 318 g/mol. The Morgan fingerprint density at radius 1 is 1.35 bits per heavy atom. The zero-order valence-electron chi connectivity index (χ0n) is 14.2. The van der Waals surface area contributed by atoms with Crippen molar-refractivity contribution < 1.29 is 14.7 Å². The molecule has 3 N–H and O–H groups in total. The van der Waals surface area contributed by atoms with E-state index < -0.39 is 6.10 Å². The second-order valence-corrected chi connectivity index (χ2v) is 7.48. The zero-order chi connectivity index (χ0) is 17.2. The topological polar surface area (TPSA) is 78.4 Å². The summed E-state index contributed by atoms with van der Waals surface area (Å²) in [5, 5.41) is 15.6. The van der Waals surface area contributed by atoms with E-state index in [-0.39, 0.29) is 29.7 Å². The highest BCUT2D eigenvalue weighted by molar-refractivity contribution is 5.98. The van der Waals surface area contributed by atoms with Crippen molar-refractivity contribution in [1.82, 2.24) is 5.32 Å². The molecular formula is C18H26N2O3. The maximum Gasteiger partial charge on any atom is 0.251 e. The van der Waals surface area contributed by atoms with Crippen LogP contribution in [0.5, 0.6) is 0 Å². The number of hydrogen-bond acceptors (Lipinski definition) is 3. The van der Waals surface area contributed by atoms with Crippen molar-refractivity contribution in [3.63, 3.8) is 0 Å². The normalized spacial score (nSPS) is 21.4. The minimum absolute atomic E-state index is 0.0122. The second kappa shape index (κ2) is 6.71. The number of carbonyl (C=O) groups excluding carboxylic acids is 2. The summed E-state index contributed by atoms with van der Waals surface area (Å²) in [6.45, 7) is 7.99. The third-order valence-electron chi connectivity index (χ3n) is 4.29. The number of hydrogen-bond donors (Lipinski definition) is 3. The highest BCUT2D eigenvalue weighted by Crippen LogP contribution is 2.38. The van der Waals surface area contributed by atoms with E-state index in [2.05, 4.69) is 17.6 Å². The van der Waals surface area contributed by atoms with Gasteiger partial charge in [-0.25, -0.2) is 0 Å².